The molecule has 0 saturated carbocycles. The lowest BCUT2D eigenvalue weighted by Gasteiger charge is -2.33. The van der Waals surface area contributed by atoms with Gasteiger partial charge in [0.1, 0.15) is 19.3 Å². The second kappa shape index (κ2) is 7.26. The second-order valence-corrected chi connectivity index (χ2v) is 6.49. The number of benzene rings is 2. The van der Waals surface area contributed by atoms with Gasteiger partial charge in [0.25, 0.3) is 0 Å². The molecule has 0 unspecified atom stereocenters. The first-order valence-corrected chi connectivity index (χ1v) is 8.89. The summed E-state index contributed by atoms with van der Waals surface area (Å²) in [5, 5.41) is 2.87. The Morgan fingerprint density at radius 1 is 1.22 bits per heavy atom. The van der Waals surface area contributed by atoms with Crippen LogP contribution in [0.4, 0.5) is 15.8 Å². The monoisotopic (exact) mass is 370 g/mol. The molecule has 2 aliphatic heterocycles. The van der Waals surface area contributed by atoms with Gasteiger partial charge in [-0.25, -0.2) is 9.18 Å². The minimum atomic E-state index is -0.521. The van der Waals surface area contributed by atoms with Crippen molar-refractivity contribution in [3.8, 4) is 5.75 Å². The summed E-state index contributed by atoms with van der Waals surface area (Å²) in [6.07, 6.45) is 1.82. The number of halogens is 1. The van der Waals surface area contributed by atoms with E-state index in [2.05, 4.69) is 10.2 Å². The Morgan fingerprint density at radius 2 is 2.07 bits per heavy atom. The van der Waals surface area contributed by atoms with E-state index in [1.54, 1.807) is 24.3 Å². The topological polar surface area (TPSA) is 67.9 Å². The predicted molar refractivity (Wildman–Crippen MR) is 97.6 cm³/mol. The first kappa shape index (κ1) is 17.3. The van der Waals surface area contributed by atoms with E-state index in [1.165, 1.54) is 12.1 Å². The zero-order chi connectivity index (χ0) is 18.8. The third-order valence-electron chi connectivity index (χ3n) is 4.77. The molecule has 1 atom stereocenters. The van der Waals surface area contributed by atoms with E-state index in [-0.39, 0.29) is 30.9 Å². The van der Waals surface area contributed by atoms with Gasteiger partial charge in [0.15, 0.2) is 11.6 Å². The van der Waals surface area contributed by atoms with Gasteiger partial charge in [-0.15, -0.1) is 0 Å². The molecule has 2 aliphatic rings. The molecule has 2 heterocycles. The summed E-state index contributed by atoms with van der Waals surface area (Å²) in [4.78, 5) is 26.5. The molecule has 0 bridgehead atoms. The van der Waals surface area contributed by atoms with Crippen molar-refractivity contribution in [1.29, 1.82) is 0 Å². The second-order valence-electron chi connectivity index (χ2n) is 6.49. The molecular formula is C20H19FN2O4. The Morgan fingerprint density at radius 3 is 2.93 bits per heavy atom. The van der Waals surface area contributed by atoms with Crippen LogP contribution < -0.4 is 15.0 Å². The number of hydrogen-bond donors (Lipinski definition) is 1. The number of carbonyl (C=O) groups excluding carboxylic acids is 2. The number of amides is 1. The highest BCUT2D eigenvalue weighted by Crippen LogP contribution is 2.37. The Bertz CT molecular complexity index is 886. The zero-order valence-corrected chi connectivity index (χ0v) is 14.6. The summed E-state index contributed by atoms with van der Waals surface area (Å²) in [5.41, 5.74) is 1.89. The summed E-state index contributed by atoms with van der Waals surface area (Å²) in [7, 11) is 0. The van der Waals surface area contributed by atoms with Crippen molar-refractivity contribution in [3.63, 3.8) is 0 Å². The minimum absolute atomic E-state index is 0.00912. The number of fused-ring (bicyclic) bond motifs is 3. The standard InChI is InChI=1S/C20H19FN2O4/c21-14-4-1-2-6-18(14)26-10-11-27-20(25)13-7-8-16-15(12-13)22-19(24)17-5-3-9-23(16)17/h1-2,4,6-8,12,17H,3,5,9-11H2,(H,22,24)/t17-/m0/s1. The van der Waals surface area contributed by atoms with E-state index in [4.69, 9.17) is 9.47 Å². The summed E-state index contributed by atoms with van der Waals surface area (Å²) >= 11 is 0. The number of rotatable bonds is 5. The first-order chi connectivity index (χ1) is 13.1. The van der Waals surface area contributed by atoms with Gasteiger partial charge >= 0.3 is 5.97 Å². The highest BCUT2D eigenvalue weighted by molar-refractivity contribution is 6.05. The summed E-state index contributed by atoms with van der Waals surface area (Å²) in [6.45, 7) is 0.872. The Labute approximate surface area is 155 Å². The first-order valence-electron chi connectivity index (χ1n) is 8.89. The lowest BCUT2D eigenvalue weighted by Crippen LogP contribution is -2.43. The largest absolute Gasteiger partial charge is 0.487 e. The minimum Gasteiger partial charge on any atom is -0.487 e. The summed E-state index contributed by atoms with van der Waals surface area (Å²) < 4.78 is 23.9. The van der Waals surface area contributed by atoms with Crippen LogP contribution in [0.2, 0.25) is 0 Å². The van der Waals surface area contributed by atoms with Crippen molar-refractivity contribution in [2.24, 2.45) is 0 Å². The predicted octanol–water partition coefficient (Wildman–Crippen LogP) is 2.98. The molecule has 0 radical (unpaired) electrons. The van der Waals surface area contributed by atoms with Crippen LogP contribution in [0.25, 0.3) is 0 Å². The summed E-state index contributed by atoms with van der Waals surface area (Å²) in [6, 6.07) is 11.1. The molecule has 7 heteroatoms. The van der Waals surface area contributed by atoms with Crippen LogP contribution in [0.15, 0.2) is 42.5 Å². The maximum Gasteiger partial charge on any atom is 0.338 e. The van der Waals surface area contributed by atoms with Crippen LogP contribution in [0.1, 0.15) is 23.2 Å². The van der Waals surface area contributed by atoms with Crippen LogP contribution in [-0.2, 0) is 9.53 Å². The van der Waals surface area contributed by atoms with Gasteiger partial charge in [-0.2, -0.15) is 0 Å². The van der Waals surface area contributed by atoms with Crippen molar-refractivity contribution in [1.82, 2.24) is 0 Å². The zero-order valence-electron chi connectivity index (χ0n) is 14.6. The lowest BCUT2D eigenvalue weighted by atomic mass is 10.1. The molecular weight excluding hydrogens is 351 g/mol. The van der Waals surface area contributed by atoms with Gasteiger partial charge in [0.2, 0.25) is 5.91 Å². The normalized spacial score (nSPS) is 17.7. The van der Waals surface area contributed by atoms with Crippen LogP contribution in [0, 0.1) is 5.82 Å². The smallest absolute Gasteiger partial charge is 0.338 e. The number of hydrogen-bond acceptors (Lipinski definition) is 5. The van der Waals surface area contributed by atoms with E-state index in [9.17, 15) is 14.0 Å². The third kappa shape index (κ3) is 3.45. The van der Waals surface area contributed by atoms with Gasteiger partial charge in [-0.05, 0) is 43.2 Å². The number of ether oxygens (including phenoxy) is 2. The maximum absolute atomic E-state index is 13.5. The number of carbonyl (C=O) groups is 2. The molecule has 1 amide bonds. The molecule has 0 aromatic heterocycles. The van der Waals surface area contributed by atoms with Crippen LogP contribution >= 0.6 is 0 Å². The van der Waals surface area contributed by atoms with Crippen molar-refractivity contribution >= 4 is 23.3 Å². The van der Waals surface area contributed by atoms with Crippen LogP contribution in [0.3, 0.4) is 0 Å². The molecule has 0 spiro atoms. The lowest BCUT2D eigenvalue weighted by molar-refractivity contribution is -0.117. The average molecular weight is 370 g/mol. The number of para-hydroxylation sites is 1. The van der Waals surface area contributed by atoms with Gasteiger partial charge in [0.05, 0.1) is 16.9 Å². The Balaban J connectivity index is 1.36. The molecule has 2 aromatic rings. The van der Waals surface area contributed by atoms with Gasteiger partial charge in [-0.1, -0.05) is 12.1 Å². The highest BCUT2D eigenvalue weighted by atomic mass is 19.1. The quantitative estimate of drug-likeness (QED) is 0.647. The highest BCUT2D eigenvalue weighted by Gasteiger charge is 2.36. The van der Waals surface area contributed by atoms with Gasteiger partial charge < -0.3 is 19.7 Å². The Kier molecular flexibility index (Phi) is 4.66. The molecule has 0 aliphatic carbocycles. The van der Waals surface area contributed by atoms with E-state index < -0.39 is 11.8 Å². The van der Waals surface area contributed by atoms with Crippen molar-refractivity contribution in [2.45, 2.75) is 18.9 Å². The van der Waals surface area contributed by atoms with E-state index in [0.29, 0.717) is 11.3 Å². The molecule has 6 nitrogen and oxygen atoms in total. The molecule has 1 N–H and O–H groups in total. The molecule has 140 valence electrons. The molecule has 2 aromatic carbocycles. The van der Waals surface area contributed by atoms with E-state index in [1.807, 2.05) is 6.07 Å². The SMILES string of the molecule is O=C(OCCOc1ccccc1F)c1ccc2c(c1)NC(=O)[C@@H]1CCCN21. The number of esters is 1. The van der Waals surface area contributed by atoms with E-state index >= 15 is 0 Å². The third-order valence-corrected chi connectivity index (χ3v) is 4.77. The number of nitrogens with one attached hydrogen (secondary N) is 1. The van der Waals surface area contributed by atoms with Crippen molar-refractivity contribution in [3.05, 3.63) is 53.8 Å². The van der Waals surface area contributed by atoms with Crippen LogP contribution in [0.5, 0.6) is 5.75 Å². The fourth-order valence-corrected chi connectivity index (χ4v) is 3.49. The van der Waals surface area contributed by atoms with Crippen LogP contribution in [-0.4, -0.2) is 37.7 Å². The van der Waals surface area contributed by atoms with Gasteiger partial charge in [-0.3, -0.25) is 4.79 Å². The molecule has 1 fully saturated rings. The molecule has 27 heavy (non-hydrogen) atoms. The Hall–Kier alpha value is -3.09. The average Bonchev–Trinajstić information content (AvgIpc) is 3.17. The van der Waals surface area contributed by atoms with Crippen molar-refractivity contribution < 1.29 is 23.5 Å². The number of nitrogens with zero attached hydrogens (tertiary/aromatic N) is 1. The summed E-state index contributed by atoms with van der Waals surface area (Å²) in [5.74, 6) is -0.906. The molecule has 1 saturated heterocycles. The van der Waals surface area contributed by atoms with Crippen molar-refractivity contribution in [2.75, 3.05) is 30.0 Å². The fraction of sp³-hybridized carbons (Fsp3) is 0.300. The van der Waals surface area contributed by atoms with E-state index in [0.717, 1.165) is 25.1 Å². The molecule has 4 rings (SSSR count). The number of anilines is 2. The maximum atomic E-state index is 13.5. The fourth-order valence-electron chi connectivity index (χ4n) is 3.49. The van der Waals surface area contributed by atoms with Gasteiger partial charge in [0, 0.05) is 6.54 Å².